The quantitative estimate of drug-likeness (QED) is 0.869. The van der Waals surface area contributed by atoms with E-state index in [2.05, 4.69) is 15.2 Å². The number of nitrogens with one attached hydrogen (secondary N) is 1. The SMILES string of the molecule is NC(Cc1ccccc1)C(=O)Nc1ccc(N2CCOCC2)cn1. The number of morpholine rings is 1. The first-order valence-electron chi connectivity index (χ1n) is 8.11. The monoisotopic (exact) mass is 326 g/mol. The molecule has 6 nitrogen and oxygen atoms in total. The summed E-state index contributed by atoms with van der Waals surface area (Å²) in [5, 5.41) is 2.77. The molecule has 0 bridgehead atoms. The molecule has 1 aliphatic heterocycles. The molecule has 2 heterocycles. The third-order valence-corrected chi connectivity index (χ3v) is 4.01. The van der Waals surface area contributed by atoms with E-state index in [1.54, 1.807) is 12.3 Å². The molecule has 0 spiro atoms. The lowest BCUT2D eigenvalue weighted by Gasteiger charge is -2.28. The fourth-order valence-corrected chi connectivity index (χ4v) is 2.65. The highest BCUT2D eigenvalue weighted by Crippen LogP contribution is 2.16. The molecule has 126 valence electrons. The first-order valence-corrected chi connectivity index (χ1v) is 8.11. The average molecular weight is 326 g/mol. The minimum Gasteiger partial charge on any atom is -0.378 e. The highest BCUT2D eigenvalue weighted by molar-refractivity contribution is 5.94. The van der Waals surface area contributed by atoms with Crippen molar-refractivity contribution >= 4 is 17.4 Å². The predicted octanol–water partition coefficient (Wildman–Crippen LogP) is 1.43. The van der Waals surface area contributed by atoms with Gasteiger partial charge in [-0.05, 0) is 24.1 Å². The van der Waals surface area contributed by atoms with E-state index in [0.29, 0.717) is 12.2 Å². The summed E-state index contributed by atoms with van der Waals surface area (Å²) in [5.41, 5.74) is 8.05. The molecule has 0 radical (unpaired) electrons. The second kappa shape index (κ2) is 7.90. The number of anilines is 2. The zero-order valence-corrected chi connectivity index (χ0v) is 13.5. The third-order valence-electron chi connectivity index (χ3n) is 4.01. The molecule has 1 unspecified atom stereocenters. The standard InChI is InChI=1S/C18H22N4O2/c19-16(12-14-4-2-1-3-5-14)18(23)21-17-7-6-15(13-20-17)22-8-10-24-11-9-22/h1-7,13,16H,8-12,19H2,(H,20,21,23). The summed E-state index contributed by atoms with van der Waals surface area (Å²) >= 11 is 0. The van der Waals surface area contributed by atoms with E-state index in [1.165, 1.54) is 0 Å². The number of hydrogen-bond acceptors (Lipinski definition) is 5. The van der Waals surface area contributed by atoms with Crippen LogP contribution in [0.1, 0.15) is 5.56 Å². The number of carbonyl (C=O) groups excluding carboxylic acids is 1. The number of amides is 1. The van der Waals surface area contributed by atoms with Crippen molar-refractivity contribution in [1.82, 2.24) is 4.98 Å². The zero-order valence-electron chi connectivity index (χ0n) is 13.5. The van der Waals surface area contributed by atoms with Crippen LogP contribution in [0.25, 0.3) is 0 Å². The topological polar surface area (TPSA) is 80.5 Å². The summed E-state index contributed by atoms with van der Waals surface area (Å²) in [5.74, 6) is 0.283. The van der Waals surface area contributed by atoms with E-state index in [-0.39, 0.29) is 5.91 Å². The number of benzene rings is 1. The van der Waals surface area contributed by atoms with Crippen LogP contribution in [0.3, 0.4) is 0 Å². The van der Waals surface area contributed by atoms with Crippen LogP contribution in [0.2, 0.25) is 0 Å². The van der Waals surface area contributed by atoms with Crippen LogP contribution in [0.5, 0.6) is 0 Å². The van der Waals surface area contributed by atoms with Gasteiger partial charge >= 0.3 is 0 Å². The Kier molecular flexibility index (Phi) is 5.40. The van der Waals surface area contributed by atoms with Gasteiger partial charge in [-0.25, -0.2) is 4.98 Å². The van der Waals surface area contributed by atoms with Crippen molar-refractivity contribution in [3.63, 3.8) is 0 Å². The maximum absolute atomic E-state index is 12.2. The molecule has 0 saturated carbocycles. The van der Waals surface area contributed by atoms with Crippen LogP contribution < -0.4 is 16.0 Å². The van der Waals surface area contributed by atoms with Crippen LogP contribution in [0.15, 0.2) is 48.7 Å². The lowest BCUT2D eigenvalue weighted by molar-refractivity contribution is -0.117. The molecule has 1 atom stereocenters. The van der Waals surface area contributed by atoms with Gasteiger partial charge < -0.3 is 20.7 Å². The second-order valence-corrected chi connectivity index (χ2v) is 5.79. The van der Waals surface area contributed by atoms with Crippen molar-refractivity contribution < 1.29 is 9.53 Å². The number of hydrogen-bond donors (Lipinski definition) is 2. The van der Waals surface area contributed by atoms with Crippen molar-refractivity contribution in [1.29, 1.82) is 0 Å². The number of nitrogens with zero attached hydrogens (tertiary/aromatic N) is 2. The Balaban J connectivity index is 1.55. The van der Waals surface area contributed by atoms with Crippen molar-refractivity contribution in [3.05, 3.63) is 54.2 Å². The minimum absolute atomic E-state index is 0.231. The van der Waals surface area contributed by atoms with E-state index < -0.39 is 6.04 Å². The van der Waals surface area contributed by atoms with Gasteiger partial charge in [0.05, 0.1) is 31.1 Å². The van der Waals surface area contributed by atoms with Gasteiger partial charge in [0, 0.05) is 13.1 Å². The molecule has 24 heavy (non-hydrogen) atoms. The molecular formula is C18H22N4O2. The van der Waals surface area contributed by atoms with E-state index in [0.717, 1.165) is 37.6 Å². The Bertz CT molecular complexity index is 654. The van der Waals surface area contributed by atoms with Gasteiger partial charge in [0.15, 0.2) is 0 Å². The number of rotatable bonds is 5. The summed E-state index contributed by atoms with van der Waals surface area (Å²) in [7, 11) is 0. The molecule has 1 aliphatic rings. The van der Waals surface area contributed by atoms with Gasteiger partial charge in [-0.1, -0.05) is 30.3 Å². The largest absolute Gasteiger partial charge is 0.378 e. The molecule has 1 saturated heterocycles. The first-order chi connectivity index (χ1) is 11.7. The van der Waals surface area contributed by atoms with Crippen molar-refractivity contribution in [2.24, 2.45) is 5.73 Å². The molecule has 0 aliphatic carbocycles. The van der Waals surface area contributed by atoms with E-state index >= 15 is 0 Å². The Morgan fingerprint density at radius 3 is 2.62 bits per heavy atom. The molecule has 1 aromatic carbocycles. The highest BCUT2D eigenvalue weighted by atomic mass is 16.5. The maximum Gasteiger partial charge on any atom is 0.242 e. The molecule has 3 N–H and O–H groups in total. The molecule has 1 aromatic heterocycles. The van der Waals surface area contributed by atoms with Crippen molar-refractivity contribution in [3.8, 4) is 0 Å². The molecule has 1 amide bonds. The zero-order chi connectivity index (χ0) is 16.8. The van der Waals surface area contributed by atoms with Crippen molar-refractivity contribution in [2.45, 2.75) is 12.5 Å². The van der Waals surface area contributed by atoms with Gasteiger partial charge in [0.2, 0.25) is 5.91 Å². The van der Waals surface area contributed by atoms with E-state index in [1.807, 2.05) is 36.4 Å². The molecule has 6 heteroatoms. The van der Waals surface area contributed by atoms with Crippen molar-refractivity contribution in [2.75, 3.05) is 36.5 Å². The molecule has 1 fully saturated rings. The van der Waals surface area contributed by atoms with Gasteiger partial charge in [-0.15, -0.1) is 0 Å². The Labute approximate surface area is 141 Å². The smallest absolute Gasteiger partial charge is 0.242 e. The number of ether oxygens (including phenoxy) is 1. The number of pyridine rings is 1. The summed E-state index contributed by atoms with van der Waals surface area (Å²) in [6, 6.07) is 12.9. The average Bonchev–Trinajstić information content (AvgIpc) is 2.64. The normalized spacial score (nSPS) is 15.8. The second-order valence-electron chi connectivity index (χ2n) is 5.79. The summed E-state index contributed by atoms with van der Waals surface area (Å²) in [6.07, 6.45) is 2.27. The van der Waals surface area contributed by atoms with Crippen LogP contribution in [0, 0.1) is 0 Å². The Hall–Kier alpha value is -2.44. The number of aromatic nitrogens is 1. The van der Waals surface area contributed by atoms with Gasteiger partial charge in [-0.3, -0.25) is 4.79 Å². The lowest BCUT2D eigenvalue weighted by atomic mass is 10.1. The molecule has 2 aromatic rings. The number of carbonyl (C=O) groups is 1. The highest BCUT2D eigenvalue weighted by Gasteiger charge is 2.15. The Morgan fingerprint density at radius 1 is 1.21 bits per heavy atom. The first kappa shape index (κ1) is 16.4. The molecule has 3 rings (SSSR count). The summed E-state index contributed by atoms with van der Waals surface area (Å²) in [4.78, 5) is 18.7. The van der Waals surface area contributed by atoms with Crippen LogP contribution >= 0.6 is 0 Å². The minimum atomic E-state index is -0.604. The van der Waals surface area contributed by atoms with Gasteiger partial charge in [-0.2, -0.15) is 0 Å². The lowest BCUT2D eigenvalue weighted by Crippen LogP contribution is -2.38. The summed E-state index contributed by atoms with van der Waals surface area (Å²) < 4.78 is 5.34. The predicted molar refractivity (Wildman–Crippen MR) is 94.0 cm³/mol. The van der Waals surface area contributed by atoms with Crippen LogP contribution in [-0.4, -0.2) is 43.2 Å². The Morgan fingerprint density at radius 2 is 1.96 bits per heavy atom. The molecular weight excluding hydrogens is 304 g/mol. The maximum atomic E-state index is 12.2. The number of nitrogens with two attached hydrogens (primary N) is 1. The fraction of sp³-hybridized carbons (Fsp3) is 0.333. The van der Waals surface area contributed by atoms with Gasteiger partial charge in [0.25, 0.3) is 0 Å². The van der Waals surface area contributed by atoms with E-state index in [4.69, 9.17) is 10.5 Å². The van der Waals surface area contributed by atoms with Gasteiger partial charge in [0.1, 0.15) is 5.82 Å². The van der Waals surface area contributed by atoms with E-state index in [9.17, 15) is 4.79 Å². The third kappa shape index (κ3) is 4.31. The summed E-state index contributed by atoms with van der Waals surface area (Å²) in [6.45, 7) is 3.17. The van der Waals surface area contributed by atoms with Crippen LogP contribution in [-0.2, 0) is 16.0 Å². The fourth-order valence-electron chi connectivity index (χ4n) is 2.65. The van der Waals surface area contributed by atoms with Crippen LogP contribution in [0.4, 0.5) is 11.5 Å².